The average molecular weight is 321 g/mol. The van der Waals surface area contributed by atoms with Crippen LogP contribution in [0.1, 0.15) is 16.2 Å². The van der Waals surface area contributed by atoms with Gasteiger partial charge in [-0.05, 0) is 25.1 Å². The number of nitrogens with zero attached hydrogens (tertiary/aromatic N) is 3. The number of pyridine rings is 1. The van der Waals surface area contributed by atoms with E-state index in [4.69, 9.17) is 4.52 Å². The molecule has 3 heterocycles. The van der Waals surface area contributed by atoms with Crippen molar-refractivity contribution in [1.29, 1.82) is 0 Å². The maximum atomic E-state index is 12.4. The van der Waals surface area contributed by atoms with E-state index in [1.807, 2.05) is 0 Å². The second kappa shape index (κ2) is 5.27. The molecule has 118 valence electrons. The Morgan fingerprint density at radius 1 is 1.25 bits per heavy atom. The average Bonchev–Trinajstić information content (AvgIpc) is 2.96. The number of aromatic amines is 1. The first-order chi connectivity index (χ1) is 11.6. The predicted octanol–water partition coefficient (Wildman–Crippen LogP) is 2.02. The standard InChI is InChI=1S/C16H11N5O3/c1-8-11-6-9(7-17-16(11)24-21-8)18-15(23)13-14(22)10-4-2-3-5-12(10)19-20-13/h2-7H,1H3,(H,18,23)(H,19,22). The molecule has 0 bridgehead atoms. The first-order valence-corrected chi connectivity index (χ1v) is 7.14. The third kappa shape index (κ3) is 2.21. The zero-order valence-corrected chi connectivity index (χ0v) is 12.5. The smallest absolute Gasteiger partial charge is 0.280 e. The fraction of sp³-hybridized carbons (Fsp3) is 0.0625. The monoisotopic (exact) mass is 321 g/mol. The lowest BCUT2D eigenvalue weighted by atomic mass is 10.2. The van der Waals surface area contributed by atoms with E-state index in [0.717, 1.165) is 0 Å². The molecule has 0 unspecified atom stereocenters. The molecular weight excluding hydrogens is 310 g/mol. The van der Waals surface area contributed by atoms with Crippen molar-refractivity contribution in [3.05, 3.63) is 58.1 Å². The van der Waals surface area contributed by atoms with Crippen molar-refractivity contribution < 1.29 is 9.32 Å². The van der Waals surface area contributed by atoms with Crippen molar-refractivity contribution in [2.45, 2.75) is 6.92 Å². The lowest BCUT2D eigenvalue weighted by Gasteiger charge is -2.04. The van der Waals surface area contributed by atoms with Gasteiger partial charge < -0.3 is 9.84 Å². The number of hydrogen-bond acceptors (Lipinski definition) is 6. The van der Waals surface area contributed by atoms with Crippen molar-refractivity contribution in [3.8, 4) is 0 Å². The fourth-order valence-electron chi connectivity index (χ4n) is 2.43. The summed E-state index contributed by atoms with van der Waals surface area (Å²) in [7, 11) is 0. The molecule has 8 nitrogen and oxygen atoms in total. The van der Waals surface area contributed by atoms with Crippen LogP contribution in [0.25, 0.3) is 22.0 Å². The molecule has 0 fully saturated rings. The Morgan fingerprint density at radius 3 is 2.96 bits per heavy atom. The number of amides is 1. The summed E-state index contributed by atoms with van der Waals surface area (Å²) in [4.78, 5) is 28.8. The van der Waals surface area contributed by atoms with Crippen LogP contribution in [-0.2, 0) is 0 Å². The molecule has 0 spiro atoms. The molecule has 2 N–H and O–H groups in total. The van der Waals surface area contributed by atoms with E-state index in [1.165, 1.54) is 6.20 Å². The topological polar surface area (TPSA) is 114 Å². The van der Waals surface area contributed by atoms with Gasteiger partial charge in [0, 0.05) is 5.39 Å². The van der Waals surface area contributed by atoms with Gasteiger partial charge in [0.25, 0.3) is 11.6 Å². The van der Waals surface area contributed by atoms with Gasteiger partial charge in [-0.2, -0.15) is 5.10 Å². The second-order valence-electron chi connectivity index (χ2n) is 5.25. The van der Waals surface area contributed by atoms with Gasteiger partial charge in [-0.3, -0.25) is 14.7 Å². The second-order valence-corrected chi connectivity index (χ2v) is 5.25. The number of para-hydroxylation sites is 1. The van der Waals surface area contributed by atoms with Crippen LogP contribution < -0.4 is 10.7 Å². The minimum atomic E-state index is -0.614. The van der Waals surface area contributed by atoms with Crippen molar-refractivity contribution >= 4 is 33.6 Å². The Labute approximate surface area is 134 Å². The van der Waals surface area contributed by atoms with Crippen molar-refractivity contribution in [3.63, 3.8) is 0 Å². The summed E-state index contributed by atoms with van der Waals surface area (Å²) in [6, 6.07) is 8.55. The maximum Gasteiger partial charge on any atom is 0.280 e. The molecule has 0 saturated heterocycles. The Kier molecular flexibility index (Phi) is 3.09. The lowest BCUT2D eigenvalue weighted by Crippen LogP contribution is -2.24. The van der Waals surface area contributed by atoms with Crippen LogP contribution in [0.5, 0.6) is 0 Å². The van der Waals surface area contributed by atoms with Gasteiger partial charge in [-0.25, -0.2) is 4.98 Å². The number of rotatable bonds is 2. The summed E-state index contributed by atoms with van der Waals surface area (Å²) in [5.74, 6) is -0.614. The Morgan fingerprint density at radius 2 is 2.08 bits per heavy atom. The largest absolute Gasteiger partial charge is 0.336 e. The Hall–Kier alpha value is -3.55. The van der Waals surface area contributed by atoms with Gasteiger partial charge in [0.1, 0.15) is 0 Å². The van der Waals surface area contributed by atoms with E-state index in [9.17, 15) is 9.59 Å². The SMILES string of the molecule is Cc1noc2ncc(NC(=O)c3n[nH]c4ccccc4c3=O)cc12. The zero-order valence-electron chi connectivity index (χ0n) is 12.5. The van der Waals surface area contributed by atoms with Crippen LogP contribution in [-0.4, -0.2) is 26.2 Å². The van der Waals surface area contributed by atoms with Crippen LogP contribution in [0, 0.1) is 6.92 Å². The summed E-state index contributed by atoms with van der Waals surface area (Å²) >= 11 is 0. The van der Waals surface area contributed by atoms with Crippen molar-refractivity contribution in [2.24, 2.45) is 0 Å². The molecule has 4 rings (SSSR count). The van der Waals surface area contributed by atoms with Gasteiger partial charge in [0.05, 0.1) is 28.5 Å². The highest BCUT2D eigenvalue weighted by molar-refractivity contribution is 6.04. The number of nitrogens with one attached hydrogen (secondary N) is 2. The molecule has 8 heteroatoms. The van der Waals surface area contributed by atoms with Crippen LogP contribution in [0.2, 0.25) is 0 Å². The number of aromatic nitrogens is 4. The minimum absolute atomic E-state index is 0.212. The van der Waals surface area contributed by atoms with Gasteiger partial charge in [0.15, 0.2) is 5.69 Å². The third-order valence-electron chi connectivity index (χ3n) is 3.66. The number of H-pyrrole nitrogens is 1. The molecule has 0 atom stereocenters. The van der Waals surface area contributed by atoms with Crippen molar-refractivity contribution in [2.75, 3.05) is 5.32 Å². The molecular formula is C16H11N5O3. The number of anilines is 1. The highest BCUT2D eigenvalue weighted by Crippen LogP contribution is 2.19. The molecule has 0 radical (unpaired) electrons. The van der Waals surface area contributed by atoms with Gasteiger partial charge in [0.2, 0.25) is 5.43 Å². The van der Waals surface area contributed by atoms with Crippen LogP contribution >= 0.6 is 0 Å². The normalized spacial score (nSPS) is 11.0. The van der Waals surface area contributed by atoms with E-state index < -0.39 is 11.3 Å². The Bertz CT molecular complexity index is 1150. The molecule has 3 aromatic heterocycles. The summed E-state index contributed by atoms with van der Waals surface area (Å²) in [6.07, 6.45) is 1.43. The maximum absolute atomic E-state index is 12.4. The number of carbonyl (C=O) groups is 1. The fourth-order valence-corrected chi connectivity index (χ4v) is 2.43. The molecule has 0 aliphatic carbocycles. The molecule has 4 aromatic rings. The molecule has 0 saturated carbocycles. The Balaban J connectivity index is 1.71. The van der Waals surface area contributed by atoms with E-state index in [2.05, 4.69) is 25.7 Å². The van der Waals surface area contributed by atoms with Crippen LogP contribution in [0.15, 0.2) is 45.8 Å². The summed E-state index contributed by atoms with van der Waals surface area (Å²) < 4.78 is 5.02. The molecule has 0 aliphatic heterocycles. The number of carbonyl (C=O) groups excluding carboxylic acids is 1. The van der Waals surface area contributed by atoms with Gasteiger partial charge in [-0.1, -0.05) is 17.3 Å². The summed E-state index contributed by atoms with van der Waals surface area (Å²) in [6.45, 7) is 1.77. The third-order valence-corrected chi connectivity index (χ3v) is 3.66. The first kappa shape index (κ1) is 14.1. The first-order valence-electron chi connectivity index (χ1n) is 7.14. The molecule has 1 amide bonds. The number of aryl methyl sites for hydroxylation is 1. The predicted molar refractivity (Wildman–Crippen MR) is 86.9 cm³/mol. The highest BCUT2D eigenvalue weighted by Gasteiger charge is 2.16. The molecule has 1 aromatic carbocycles. The summed E-state index contributed by atoms with van der Waals surface area (Å²) in [5.41, 5.74) is 1.39. The van der Waals surface area contributed by atoms with E-state index in [-0.39, 0.29) is 5.69 Å². The number of fused-ring (bicyclic) bond motifs is 2. The van der Waals surface area contributed by atoms with E-state index in [0.29, 0.717) is 33.4 Å². The number of benzene rings is 1. The van der Waals surface area contributed by atoms with E-state index in [1.54, 1.807) is 37.3 Å². The van der Waals surface area contributed by atoms with Gasteiger partial charge >= 0.3 is 0 Å². The minimum Gasteiger partial charge on any atom is -0.336 e. The van der Waals surface area contributed by atoms with Crippen LogP contribution in [0.3, 0.4) is 0 Å². The summed E-state index contributed by atoms with van der Waals surface area (Å²) in [5, 5.41) is 14.1. The zero-order chi connectivity index (χ0) is 16.7. The lowest BCUT2D eigenvalue weighted by molar-refractivity contribution is 0.102. The highest BCUT2D eigenvalue weighted by atomic mass is 16.5. The molecule has 0 aliphatic rings. The van der Waals surface area contributed by atoms with E-state index >= 15 is 0 Å². The van der Waals surface area contributed by atoms with Gasteiger partial charge in [-0.15, -0.1) is 0 Å². The van der Waals surface area contributed by atoms with Crippen molar-refractivity contribution in [1.82, 2.24) is 20.3 Å². The quantitative estimate of drug-likeness (QED) is 0.584. The van der Waals surface area contributed by atoms with Crippen LogP contribution in [0.4, 0.5) is 5.69 Å². The number of hydrogen-bond donors (Lipinski definition) is 2. The molecule has 24 heavy (non-hydrogen) atoms.